The van der Waals surface area contributed by atoms with Crippen molar-refractivity contribution in [2.45, 2.75) is 0 Å². The fraction of sp³-hybridized carbons (Fsp3) is 0. The molecule has 0 saturated carbocycles. The summed E-state index contributed by atoms with van der Waals surface area (Å²) >= 11 is 0. The van der Waals surface area contributed by atoms with Gasteiger partial charge < -0.3 is 0 Å². The van der Waals surface area contributed by atoms with Crippen LogP contribution in [0.1, 0.15) is 10.4 Å². The molecule has 0 atom stereocenters. The Bertz CT molecular complexity index is 649. The minimum atomic E-state index is 0.656. The molecule has 3 rings (SSSR count). The molecule has 0 fully saturated rings. The van der Waals surface area contributed by atoms with Crippen molar-refractivity contribution in [2.24, 2.45) is 0 Å². The Morgan fingerprint density at radius 1 is 1.12 bits per heavy atom. The second-order valence-corrected chi connectivity index (χ2v) is 3.64. The van der Waals surface area contributed by atoms with E-state index < -0.39 is 0 Å². The SMILES string of the molecule is O=Cc1ccc2cccc3cnnc-3c2c1. The van der Waals surface area contributed by atoms with Gasteiger partial charge in [-0.05, 0) is 11.5 Å². The number of hydrogen-bond acceptors (Lipinski definition) is 3. The third kappa shape index (κ3) is 1.26. The summed E-state index contributed by atoms with van der Waals surface area (Å²) in [5.41, 5.74) is 2.48. The van der Waals surface area contributed by atoms with E-state index in [9.17, 15) is 4.79 Å². The lowest BCUT2D eigenvalue weighted by atomic mass is 10.1. The molecule has 0 unspecified atom stereocenters. The summed E-state index contributed by atoms with van der Waals surface area (Å²) < 4.78 is 0. The van der Waals surface area contributed by atoms with Gasteiger partial charge in [-0.2, -0.15) is 5.10 Å². The quantitative estimate of drug-likeness (QED) is 0.577. The smallest absolute Gasteiger partial charge is 0.150 e. The maximum Gasteiger partial charge on any atom is 0.150 e. The second kappa shape index (κ2) is 3.38. The third-order valence-electron chi connectivity index (χ3n) is 2.65. The van der Waals surface area contributed by atoms with E-state index >= 15 is 0 Å². The number of nitrogens with zero attached hydrogens (tertiary/aromatic N) is 2. The van der Waals surface area contributed by atoms with Crippen LogP contribution < -0.4 is 0 Å². The van der Waals surface area contributed by atoms with Gasteiger partial charge in [-0.1, -0.05) is 30.3 Å². The van der Waals surface area contributed by atoms with E-state index in [2.05, 4.69) is 10.2 Å². The van der Waals surface area contributed by atoms with Gasteiger partial charge in [-0.3, -0.25) is 4.79 Å². The van der Waals surface area contributed by atoms with Crippen molar-refractivity contribution in [1.82, 2.24) is 10.2 Å². The number of aromatic nitrogens is 2. The number of hydrogen-bond donors (Lipinski definition) is 0. The molecule has 1 heterocycles. The van der Waals surface area contributed by atoms with Gasteiger partial charge in [0.15, 0.2) is 0 Å². The van der Waals surface area contributed by atoms with Crippen molar-refractivity contribution in [1.29, 1.82) is 0 Å². The van der Waals surface area contributed by atoms with Gasteiger partial charge in [0.2, 0.25) is 0 Å². The zero-order chi connectivity index (χ0) is 11.0. The summed E-state index contributed by atoms with van der Waals surface area (Å²) in [6.45, 7) is 0. The molecular weight excluding hydrogens is 200 g/mol. The van der Waals surface area contributed by atoms with Crippen LogP contribution in [0.3, 0.4) is 0 Å². The molecule has 0 spiro atoms. The van der Waals surface area contributed by atoms with Crippen LogP contribution in [0.5, 0.6) is 0 Å². The van der Waals surface area contributed by atoms with Crippen molar-refractivity contribution < 1.29 is 4.79 Å². The Balaban J connectivity index is 2.48. The Labute approximate surface area is 92.1 Å². The lowest BCUT2D eigenvalue weighted by molar-refractivity contribution is 0.112. The van der Waals surface area contributed by atoms with E-state index in [4.69, 9.17) is 0 Å². The summed E-state index contributed by atoms with van der Waals surface area (Å²) in [6, 6.07) is 11.5. The zero-order valence-corrected chi connectivity index (χ0v) is 8.42. The van der Waals surface area contributed by atoms with E-state index in [1.807, 2.05) is 30.3 Å². The molecule has 0 radical (unpaired) electrons. The third-order valence-corrected chi connectivity index (χ3v) is 2.65. The molecule has 0 amide bonds. The highest BCUT2D eigenvalue weighted by Crippen LogP contribution is 2.27. The minimum Gasteiger partial charge on any atom is -0.298 e. The van der Waals surface area contributed by atoms with Gasteiger partial charge in [-0.15, -0.1) is 5.10 Å². The van der Waals surface area contributed by atoms with Crippen LogP contribution in [0.2, 0.25) is 0 Å². The fourth-order valence-corrected chi connectivity index (χ4v) is 1.85. The summed E-state index contributed by atoms with van der Waals surface area (Å²) in [7, 11) is 0. The van der Waals surface area contributed by atoms with Gasteiger partial charge >= 0.3 is 0 Å². The Morgan fingerprint density at radius 3 is 2.94 bits per heavy atom. The lowest BCUT2D eigenvalue weighted by Crippen LogP contribution is -1.81. The summed E-state index contributed by atoms with van der Waals surface area (Å²) in [4.78, 5) is 10.8. The first-order chi connectivity index (χ1) is 7.88. The molecule has 1 aromatic carbocycles. The van der Waals surface area contributed by atoms with Crippen LogP contribution in [-0.4, -0.2) is 16.5 Å². The number of carbonyl (C=O) groups excluding carboxylic acids is 1. The Hall–Kier alpha value is -2.29. The molecule has 1 aromatic rings. The molecule has 0 N–H and O–H groups in total. The van der Waals surface area contributed by atoms with Crippen LogP contribution in [0.4, 0.5) is 0 Å². The first kappa shape index (κ1) is 8.97. The number of carbonyl (C=O) groups is 1. The van der Waals surface area contributed by atoms with E-state index in [1.54, 1.807) is 12.3 Å². The van der Waals surface area contributed by atoms with Gasteiger partial charge in [0.25, 0.3) is 0 Å². The molecule has 1 aliphatic heterocycles. The van der Waals surface area contributed by atoms with E-state index in [0.717, 1.165) is 28.3 Å². The topological polar surface area (TPSA) is 42.9 Å². The van der Waals surface area contributed by atoms with Gasteiger partial charge in [0, 0.05) is 16.5 Å². The first-order valence-electron chi connectivity index (χ1n) is 4.98. The molecule has 0 saturated heterocycles. The van der Waals surface area contributed by atoms with Gasteiger partial charge in [0.05, 0.1) is 6.20 Å². The maximum atomic E-state index is 10.8. The second-order valence-electron chi connectivity index (χ2n) is 3.64. The van der Waals surface area contributed by atoms with Crippen LogP contribution in [0.15, 0.2) is 42.6 Å². The van der Waals surface area contributed by atoms with Crippen molar-refractivity contribution in [2.75, 3.05) is 0 Å². The van der Waals surface area contributed by atoms with Crippen molar-refractivity contribution in [3.05, 3.63) is 48.2 Å². The molecule has 3 heteroatoms. The van der Waals surface area contributed by atoms with Crippen molar-refractivity contribution in [3.8, 4) is 11.3 Å². The predicted octanol–water partition coefficient (Wildman–Crippen LogP) is 2.55. The maximum absolute atomic E-state index is 10.8. The highest BCUT2D eigenvalue weighted by atomic mass is 16.1. The standard InChI is InChI=1S/C13H8N2O/c16-8-9-4-5-10-2-1-3-11-7-14-15-13(11)12(10)6-9/h1-8H. The lowest BCUT2D eigenvalue weighted by Gasteiger charge is -1.97. The fourth-order valence-electron chi connectivity index (χ4n) is 1.85. The van der Waals surface area contributed by atoms with Crippen LogP contribution in [-0.2, 0) is 0 Å². The zero-order valence-electron chi connectivity index (χ0n) is 8.42. The average molecular weight is 208 g/mol. The van der Waals surface area contributed by atoms with E-state index in [1.165, 1.54) is 0 Å². The Morgan fingerprint density at radius 2 is 2.06 bits per heavy atom. The number of fused-ring (bicyclic) bond motifs is 3. The largest absolute Gasteiger partial charge is 0.298 e. The average Bonchev–Trinajstić information content (AvgIpc) is 2.71. The molecule has 2 aliphatic rings. The predicted molar refractivity (Wildman–Crippen MR) is 61.5 cm³/mol. The molecule has 16 heavy (non-hydrogen) atoms. The monoisotopic (exact) mass is 208 g/mol. The normalized spacial score (nSPS) is 10.8. The summed E-state index contributed by atoms with van der Waals surface area (Å²) in [5.74, 6) is 0. The Kier molecular flexibility index (Phi) is 1.90. The highest BCUT2D eigenvalue weighted by Gasteiger charge is 2.08. The number of benzene rings is 1. The van der Waals surface area contributed by atoms with Crippen LogP contribution in [0, 0.1) is 0 Å². The molecule has 3 nitrogen and oxygen atoms in total. The van der Waals surface area contributed by atoms with Gasteiger partial charge in [0.1, 0.15) is 12.0 Å². The summed E-state index contributed by atoms with van der Waals surface area (Å²) in [5, 5.41) is 10.0. The number of aldehydes is 1. The van der Waals surface area contributed by atoms with E-state index in [0.29, 0.717) is 5.56 Å². The van der Waals surface area contributed by atoms with Crippen molar-refractivity contribution in [3.63, 3.8) is 0 Å². The number of rotatable bonds is 1. The van der Waals surface area contributed by atoms with Crippen LogP contribution >= 0.6 is 0 Å². The molecular formula is C13H8N2O. The first-order valence-corrected chi connectivity index (χ1v) is 4.98. The van der Waals surface area contributed by atoms with Gasteiger partial charge in [-0.25, -0.2) is 0 Å². The van der Waals surface area contributed by atoms with Crippen molar-refractivity contribution >= 4 is 17.1 Å². The molecule has 0 bridgehead atoms. The molecule has 0 aromatic heterocycles. The molecule has 76 valence electrons. The highest BCUT2D eigenvalue weighted by molar-refractivity contribution is 5.97. The minimum absolute atomic E-state index is 0.656. The molecule has 1 aliphatic carbocycles. The van der Waals surface area contributed by atoms with E-state index in [-0.39, 0.29) is 0 Å². The van der Waals surface area contributed by atoms with Crippen LogP contribution in [0.25, 0.3) is 22.0 Å². The summed E-state index contributed by atoms with van der Waals surface area (Å²) in [6.07, 6.45) is 2.57.